The average molecular weight is 283 g/mol. The molecule has 6 heteroatoms. The molecular weight excluding hydrogens is 272 g/mol. The van der Waals surface area contributed by atoms with E-state index in [1.165, 1.54) is 0 Å². The number of nitrogens with zero attached hydrogens (tertiary/aromatic N) is 3. The van der Waals surface area contributed by atoms with E-state index in [0.29, 0.717) is 12.1 Å². The number of rotatable bonds is 4. The van der Waals surface area contributed by atoms with Crippen molar-refractivity contribution in [2.75, 3.05) is 13.1 Å². The van der Waals surface area contributed by atoms with E-state index in [4.69, 9.17) is 5.53 Å². The van der Waals surface area contributed by atoms with Crippen molar-refractivity contribution in [1.29, 1.82) is 0 Å². The molecule has 0 fully saturated rings. The normalized spacial score (nSPS) is 9.38. The van der Waals surface area contributed by atoms with Gasteiger partial charge < -0.3 is 5.32 Å². The van der Waals surface area contributed by atoms with Gasteiger partial charge in [0.2, 0.25) is 0 Å². The molecule has 1 N–H and O–H groups in total. The molecule has 0 aliphatic heterocycles. The molecule has 0 radical (unpaired) electrons. The third kappa shape index (κ3) is 3.56. The van der Waals surface area contributed by atoms with E-state index in [9.17, 15) is 4.79 Å². The molecule has 0 bridgehead atoms. The Morgan fingerprint density at radius 3 is 3.06 bits per heavy atom. The number of halogens is 1. The minimum Gasteiger partial charge on any atom is -0.352 e. The van der Waals surface area contributed by atoms with Gasteiger partial charge >= 0.3 is 0 Å². The zero-order valence-electron chi connectivity index (χ0n) is 8.77. The van der Waals surface area contributed by atoms with Crippen LogP contribution in [-0.4, -0.2) is 19.0 Å². The highest BCUT2D eigenvalue weighted by Crippen LogP contribution is 2.17. The maximum atomic E-state index is 11.7. The van der Waals surface area contributed by atoms with Gasteiger partial charge in [-0.2, -0.15) is 0 Å². The SMILES string of the molecule is Cc1ccc(Br)c(C(=O)NCCN=[N+]=[N-])c1. The summed E-state index contributed by atoms with van der Waals surface area (Å²) in [6.45, 7) is 2.51. The molecule has 1 amide bonds. The van der Waals surface area contributed by atoms with Crippen LogP contribution in [-0.2, 0) is 0 Å². The lowest BCUT2D eigenvalue weighted by atomic mass is 10.1. The van der Waals surface area contributed by atoms with Crippen molar-refractivity contribution in [3.8, 4) is 0 Å². The quantitative estimate of drug-likeness (QED) is 0.392. The molecule has 0 aromatic heterocycles. The number of carbonyl (C=O) groups excluding carboxylic acids is 1. The fourth-order valence-electron chi connectivity index (χ4n) is 1.17. The number of hydrogen-bond acceptors (Lipinski definition) is 2. The molecule has 0 saturated heterocycles. The molecule has 0 atom stereocenters. The topological polar surface area (TPSA) is 77.9 Å². The third-order valence-electron chi connectivity index (χ3n) is 1.93. The Hall–Kier alpha value is -1.52. The van der Waals surface area contributed by atoms with Gasteiger partial charge in [0.15, 0.2) is 0 Å². The Balaban J connectivity index is 2.65. The smallest absolute Gasteiger partial charge is 0.252 e. The fraction of sp³-hybridized carbons (Fsp3) is 0.300. The van der Waals surface area contributed by atoms with Crippen molar-refractivity contribution in [1.82, 2.24) is 5.32 Å². The summed E-state index contributed by atoms with van der Waals surface area (Å²) in [6, 6.07) is 5.55. The van der Waals surface area contributed by atoms with E-state index in [1.54, 1.807) is 6.07 Å². The number of aryl methyl sites for hydroxylation is 1. The van der Waals surface area contributed by atoms with E-state index in [0.717, 1.165) is 10.0 Å². The lowest BCUT2D eigenvalue weighted by Crippen LogP contribution is -2.26. The van der Waals surface area contributed by atoms with Crippen molar-refractivity contribution in [3.05, 3.63) is 44.2 Å². The maximum Gasteiger partial charge on any atom is 0.252 e. The summed E-state index contributed by atoms with van der Waals surface area (Å²) >= 11 is 3.31. The van der Waals surface area contributed by atoms with Crippen LogP contribution in [0.2, 0.25) is 0 Å². The van der Waals surface area contributed by atoms with Crippen LogP contribution in [0.4, 0.5) is 0 Å². The number of amides is 1. The molecule has 1 aromatic carbocycles. The number of azide groups is 1. The van der Waals surface area contributed by atoms with Crippen molar-refractivity contribution in [2.45, 2.75) is 6.92 Å². The number of nitrogens with one attached hydrogen (secondary N) is 1. The van der Waals surface area contributed by atoms with Gasteiger partial charge in [0, 0.05) is 22.5 Å². The van der Waals surface area contributed by atoms with Gasteiger partial charge in [-0.1, -0.05) is 16.7 Å². The summed E-state index contributed by atoms with van der Waals surface area (Å²) in [5, 5.41) is 6.00. The van der Waals surface area contributed by atoms with Crippen LogP contribution in [0.5, 0.6) is 0 Å². The largest absolute Gasteiger partial charge is 0.352 e. The van der Waals surface area contributed by atoms with Crippen LogP contribution in [0.1, 0.15) is 15.9 Å². The number of hydrogen-bond donors (Lipinski definition) is 1. The second-order valence-corrected chi connectivity index (χ2v) is 4.05. The van der Waals surface area contributed by atoms with Crippen LogP contribution < -0.4 is 5.32 Å². The highest BCUT2D eigenvalue weighted by Gasteiger charge is 2.08. The molecule has 16 heavy (non-hydrogen) atoms. The van der Waals surface area contributed by atoms with Crippen LogP contribution in [0.3, 0.4) is 0 Å². The second kappa shape index (κ2) is 6.15. The standard InChI is InChI=1S/C10H11BrN4O/c1-7-2-3-9(11)8(6-7)10(16)13-4-5-14-15-12/h2-3,6H,4-5H2,1H3,(H,13,16). The summed E-state index contributed by atoms with van der Waals surface area (Å²) in [5.74, 6) is -0.177. The maximum absolute atomic E-state index is 11.7. The second-order valence-electron chi connectivity index (χ2n) is 3.19. The Labute approximate surface area is 102 Å². The van der Waals surface area contributed by atoms with Crippen molar-refractivity contribution >= 4 is 21.8 Å². The molecule has 1 rings (SSSR count). The fourth-order valence-corrected chi connectivity index (χ4v) is 1.60. The summed E-state index contributed by atoms with van der Waals surface area (Å²) in [5.41, 5.74) is 9.67. The van der Waals surface area contributed by atoms with Gasteiger partial charge in [0.05, 0.1) is 5.56 Å². The Bertz CT molecular complexity index is 440. The minimum atomic E-state index is -0.177. The van der Waals surface area contributed by atoms with Crippen molar-refractivity contribution < 1.29 is 4.79 Å². The van der Waals surface area contributed by atoms with Gasteiger partial charge in [-0.15, -0.1) is 0 Å². The highest BCUT2D eigenvalue weighted by atomic mass is 79.9. The summed E-state index contributed by atoms with van der Waals surface area (Å²) in [6.07, 6.45) is 0. The average Bonchev–Trinajstić information content (AvgIpc) is 2.27. The molecule has 0 spiro atoms. The van der Waals surface area contributed by atoms with E-state index >= 15 is 0 Å². The predicted molar refractivity (Wildman–Crippen MR) is 65.2 cm³/mol. The molecule has 0 aliphatic rings. The predicted octanol–water partition coefficient (Wildman–Crippen LogP) is 2.80. The monoisotopic (exact) mass is 282 g/mol. The van der Waals surface area contributed by atoms with Crippen LogP contribution >= 0.6 is 15.9 Å². The summed E-state index contributed by atoms with van der Waals surface area (Å²) < 4.78 is 0.749. The zero-order chi connectivity index (χ0) is 12.0. The van der Waals surface area contributed by atoms with E-state index in [1.807, 2.05) is 19.1 Å². The Kier molecular flexibility index (Phi) is 4.82. The van der Waals surface area contributed by atoms with Crippen molar-refractivity contribution in [2.24, 2.45) is 5.11 Å². The first-order valence-electron chi connectivity index (χ1n) is 4.70. The van der Waals surface area contributed by atoms with Gasteiger partial charge in [-0.05, 0) is 40.5 Å². The number of carbonyl (C=O) groups is 1. The molecule has 0 aliphatic carbocycles. The van der Waals surface area contributed by atoms with Gasteiger partial charge in [0.25, 0.3) is 5.91 Å². The van der Waals surface area contributed by atoms with E-state index < -0.39 is 0 Å². The molecular formula is C10H11BrN4O. The lowest BCUT2D eigenvalue weighted by molar-refractivity contribution is 0.0954. The molecule has 1 aromatic rings. The summed E-state index contributed by atoms with van der Waals surface area (Å²) in [4.78, 5) is 14.3. The molecule has 5 nitrogen and oxygen atoms in total. The first kappa shape index (κ1) is 12.5. The van der Waals surface area contributed by atoms with Gasteiger partial charge in [-0.3, -0.25) is 4.79 Å². The van der Waals surface area contributed by atoms with Crippen LogP contribution in [0.25, 0.3) is 10.4 Å². The number of benzene rings is 1. The molecule has 0 saturated carbocycles. The Morgan fingerprint density at radius 1 is 1.62 bits per heavy atom. The van der Waals surface area contributed by atoms with E-state index in [-0.39, 0.29) is 12.5 Å². The zero-order valence-corrected chi connectivity index (χ0v) is 10.4. The first-order valence-corrected chi connectivity index (χ1v) is 5.49. The third-order valence-corrected chi connectivity index (χ3v) is 2.62. The lowest BCUT2D eigenvalue weighted by Gasteiger charge is -2.06. The first-order chi connectivity index (χ1) is 7.65. The molecule has 0 heterocycles. The van der Waals surface area contributed by atoms with Gasteiger partial charge in [-0.25, -0.2) is 0 Å². The van der Waals surface area contributed by atoms with E-state index in [2.05, 4.69) is 31.3 Å². The van der Waals surface area contributed by atoms with Crippen LogP contribution in [0, 0.1) is 6.92 Å². The summed E-state index contributed by atoms with van der Waals surface area (Å²) in [7, 11) is 0. The molecule has 84 valence electrons. The highest BCUT2D eigenvalue weighted by molar-refractivity contribution is 9.10. The molecule has 0 unspecified atom stereocenters. The van der Waals surface area contributed by atoms with Crippen molar-refractivity contribution in [3.63, 3.8) is 0 Å². The van der Waals surface area contributed by atoms with Gasteiger partial charge in [0.1, 0.15) is 0 Å². The minimum absolute atomic E-state index is 0.177. The Morgan fingerprint density at radius 2 is 2.38 bits per heavy atom. The van der Waals surface area contributed by atoms with Crippen LogP contribution in [0.15, 0.2) is 27.8 Å².